The summed E-state index contributed by atoms with van der Waals surface area (Å²) in [5, 5.41) is 11.9. The van der Waals surface area contributed by atoms with Crippen molar-refractivity contribution in [2.75, 3.05) is 14.2 Å². The molecule has 1 aromatic heterocycles. The molecule has 0 bridgehead atoms. The Hall–Kier alpha value is -2.96. The first-order valence-electron chi connectivity index (χ1n) is 7.34. The highest BCUT2D eigenvalue weighted by molar-refractivity contribution is 5.96. The van der Waals surface area contributed by atoms with Crippen molar-refractivity contribution in [1.82, 2.24) is 10.3 Å². The van der Waals surface area contributed by atoms with Crippen LogP contribution in [0.3, 0.4) is 0 Å². The van der Waals surface area contributed by atoms with Crippen molar-refractivity contribution in [1.29, 1.82) is 0 Å². The van der Waals surface area contributed by atoms with Crippen LogP contribution in [0.25, 0.3) is 0 Å². The number of hydrogen-bond donors (Lipinski definition) is 3. The highest BCUT2D eigenvalue weighted by atomic mass is 16.5. The average Bonchev–Trinajstić information content (AvgIpc) is 2.99. The van der Waals surface area contributed by atoms with E-state index in [0.29, 0.717) is 22.6 Å². The van der Waals surface area contributed by atoms with Gasteiger partial charge in [0.2, 0.25) is 0 Å². The molecule has 0 aliphatic carbocycles. The fourth-order valence-electron chi connectivity index (χ4n) is 2.44. The number of aromatic nitrogens is 1. The summed E-state index contributed by atoms with van der Waals surface area (Å²) in [6.07, 6.45) is 3.01. The van der Waals surface area contributed by atoms with Gasteiger partial charge in [0.05, 0.1) is 32.2 Å². The molecule has 24 heavy (non-hydrogen) atoms. The number of H-pyrrole nitrogens is 1. The SMILES string of the molecule is COc1ccc(C(CC(=O)O)NC(=O)c2c[nH]cc2C)c(OC)c1. The van der Waals surface area contributed by atoms with Crippen LogP contribution in [0.5, 0.6) is 11.5 Å². The van der Waals surface area contributed by atoms with Gasteiger partial charge in [0.1, 0.15) is 11.5 Å². The standard InChI is InChI=1S/C17H20N2O5/c1-10-8-18-9-13(10)17(22)19-14(7-16(20)21)12-5-4-11(23-2)6-15(12)24-3/h4-6,8-9,14,18H,7H2,1-3H3,(H,19,22)(H,20,21). The van der Waals surface area contributed by atoms with Crippen molar-refractivity contribution in [3.05, 3.63) is 47.3 Å². The van der Waals surface area contributed by atoms with Crippen molar-refractivity contribution in [3.8, 4) is 11.5 Å². The third-order valence-electron chi connectivity index (χ3n) is 3.70. The average molecular weight is 332 g/mol. The van der Waals surface area contributed by atoms with Crippen molar-refractivity contribution in [3.63, 3.8) is 0 Å². The van der Waals surface area contributed by atoms with Gasteiger partial charge in [-0.05, 0) is 24.6 Å². The van der Waals surface area contributed by atoms with E-state index in [9.17, 15) is 14.7 Å². The number of benzene rings is 1. The van der Waals surface area contributed by atoms with Crippen LogP contribution >= 0.6 is 0 Å². The quantitative estimate of drug-likeness (QED) is 0.722. The molecule has 1 amide bonds. The summed E-state index contributed by atoms with van der Waals surface area (Å²) in [6.45, 7) is 1.80. The molecule has 0 aliphatic rings. The molecule has 128 valence electrons. The molecule has 1 heterocycles. The molecule has 7 heteroatoms. The van der Waals surface area contributed by atoms with Crippen LogP contribution in [0.2, 0.25) is 0 Å². The Balaban J connectivity index is 2.33. The molecule has 1 aromatic carbocycles. The molecule has 0 aliphatic heterocycles. The van der Waals surface area contributed by atoms with E-state index in [1.54, 1.807) is 37.5 Å². The number of carboxylic acids is 1. The second-order valence-corrected chi connectivity index (χ2v) is 5.28. The number of aliphatic carboxylic acids is 1. The smallest absolute Gasteiger partial charge is 0.305 e. The summed E-state index contributed by atoms with van der Waals surface area (Å²) in [5.74, 6) is -0.342. The lowest BCUT2D eigenvalue weighted by Crippen LogP contribution is -2.30. The van der Waals surface area contributed by atoms with E-state index in [4.69, 9.17) is 9.47 Å². The Labute approximate surface area is 139 Å². The first-order valence-corrected chi connectivity index (χ1v) is 7.34. The Morgan fingerprint density at radius 2 is 2.00 bits per heavy atom. The zero-order valence-corrected chi connectivity index (χ0v) is 13.8. The van der Waals surface area contributed by atoms with E-state index in [-0.39, 0.29) is 12.3 Å². The van der Waals surface area contributed by atoms with Crippen LogP contribution < -0.4 is 14.8 Å². The van der Waals surface area contributed by atoms with Crippen LogP contribution in [-0.2, 0) is 4.79 Å². The molecule has 0 saturated heterocycles. The molecular weight excluding hydrogens is 312 g/mol. The lowest BCUT2D eigenvalue weighted by molar-refractivity contribution is -0.137. The van der Waals surface area contributed by atoms with Crippen molar-refractivity contribution >= 4 is 11.9 Å². The first kappa shape index (κ1) is 17.4. The van der Waals surface area contributed by atoms with E-state index in [1.165, 1.54) is 14.2 Å². The maximum atomic E-state index is 12.4. The highest BCUT2D eigenvalue weighted by Crippen LogP contribution is 2.31. The maximum Gasteiger partial charge on any atom is 0.305 e. The van der Waals surface area contributed by atoms with E-state index in [1.807, 2.05) is 0 Å². The summed E-state index contributed by atoms with van der Waals surface area (Å²) in [6, 6.07) is 4.30. The molecule has 3 N–H and O–H groups in total. The van der Waals surface area contributed by atoms with Gasteiger partial charge in [0, 0.05) is 24.0 Å². The van der Waals surface area contributed by atoms with Gasteiger partial charge in [0.15, 0.2) is 0 Å². The summed E-state index contributed by atoms with van der Waals surface area (Å²) in [4.78, 5) is 26.5. The van der Waals surface area contributed by atoms with Crippen LogP contribution in [0, 0.1) is 6.92 Å². The van der Waals surface area contributed by atoms with Gasteiger partial charge in [-0.25, -0.2) is 0 Å². The second kappa shape index (κ2) is 7.54. The van der Waals surface area contributed by atoms with Gasteiger partial charge in [-0.1, -0.05) is 0 Å². The van der Waals surface area contributed by atoms with Crippen LogP contribution in [0.4, 0.5) is 0 Å². The first-order chi connectivity index (χ1) is 11.5. The number of rotatable bonds is 7. The Morgan fingerprint density at radius 1 is 1.25 bits per heavy atom. The normalized spacial score (nSPS) is 11.6. The Morgan fingerprint density at radius 3 is 2.54 bits per heavy atom. The Bertz CT molecular complexity index is 738. The number of carboxylic acid groups (broad SMARTS) is 1. The number of hydrogen-bond acceptors (Lipinski definition) is 4. The molecule has 0 saturated carbocycles. The maximum absolute atomic E-state index is 12.4. The number of carbonyl (C=O) groups excluding carboxylic acids is 1. The summed E-state index contributed by atoms with van der Waals surface area (Å²) < 4.78 is 10.5. The third-order valence-corrected chi connectivity index (χ3v) is 3.70. The fourth-order valence-corrected chi connectivity index (χ4v) is 2.44. The molecule has 1 unspecified atom stereocenters. The van der Waals surface area contributed by atoms with Gasteiger partial charge in [-0.3, -0.25) is 9.59 Å². The molecule has 0 fully saturated rings. The van der Waals surface area contributed by atoms with E-state index in [2.05, 4.69) is 10.3 Å². The highest BCUT2D eigenvalue weighted by Gasteiger charge is 2.23. The topological polar surface area (TPSA) is 101 Å². The second-order valence-electron chi connectivity index (χ2n) is 5.28. The van der Waals surface area contributed by atoms with Crippen LogP contribution in [0.1, 0.15) is 33.9 Å². The van der Waals surface area contributed by atoms with Crippen molar-refractivity contribution in [2.24, 2.45) is 0 Å². The lowest BCUT2D eigenvalue weighted by atomic mass is 10.0. The number of methoxy groups -OCH3 is 2. The lowest BCUT2D eigenvalue weighted by Gasteiger charge is -2.20. The van der Waals surface area contributed by atoms with Crippen molar-refractivity contribution in [2.45, 2.75) is 19.4 Å². The number of nitrogens with one attached hydrogen (secondary N) is 2. The van der Waals surface area contributed by atoms with Crippen molar-refractivity contribution < 1.29 is 24.2 Å². The van der Waals surface area contributed by atoms with Gasteiger partial charge < -0.3 is 24.9 Å². The minimum absolute atomic E-state index is 0.266. The molecule has 0 spiro atoms. The number of aromatic amines is 1. The monoisotopic (exact) mass is 332 g/mol. The molecular formula is C17H20N2O5. The van der Waals surface area contributed by atoms with Crippen LogP contribution in [0.15, 0.2) is 30.6 Å². The molecule has 2 rings (SSSR count). The van der Waals surface area contributed by atoms with E-state index >= 15 is 0 Å². The zero-order chi connectivity index (χ0) is 17.7. The van der Waals surface area contributed by atoms with E-state index in [0.717, 1.165) is 5.56 Å². The van der Waals surface area contributed by atoms with E-state index < -0.39 is 12.0 Å². The third kappa shape index (κ3) is 3.87. The molecule has 1 atom stereocenters. The number of carbonyl (C=O) groups is 2. The summed E-state index contributed by atoms with van der Waals surface area (Å²) in [7, 11) is 3.01. The van der Waals surface area contributed by atoms with Gasteiger partial charge in [-0.2, -0.15) is 0 Å². The molecule has 2 aromatic rings. The number of amides is 1. The molecule has 0 radical (unpaired) electrons. The zero-order valence-electron chi connectivity index (χ0n) is 13.8. The number of ether oxygens (including phenoxy) is 2. The predicted octanol–water partition coefficient (Wildman–Crippen LogP) is 2.29. The van der Waals surface area contributed by atoms with Gasteiger partial charge in [-0.15, -0.1) is 0 Å². The number of aryl methyl sites for hydroxylation is 1. The summed E-state index contributed by atoms with van der Waals surface area (Å²) in [5.41, 5.74) is 1.82. The van der Waals surface area contributed by atoms with Gasteiger partial charge in [0.25, 0.3) is 5.91 Å². The van der Waals surface area contributed by atoms with Crippen LogP contribution in [-0.4, -0.2) is 36.2 Å². The minimum Gasteiger partial charge on any atom is -0.497 e. The van der Waals surface area contributed by atoms with Gasteiger partial charge >= 0.3 is 5.97 Å². The Kier molecular flexibility index (Phi) is 5.47. The summed E-state index contributed by atoms with van der Waals surface area (Å²) >= 11 is 0. The largest absolute Gasteiger partial charge is 0.497 e. The molecule has 7 nitrogen and oxygen atoms in total. The predicted molar refractivity (Wildman–Crippen MR) is 87.5 cm³/mol. The fraction of sp³-hybridized carbons (Fsp3) is 0.294. The minimum atomic E-state index is -1.02.